The summed E-state index contributed by atoms with van der Waals surface area (Å²) in [6, 6.07) is 10.3. The predicted octanol–water partition coefficient (Wildman–Crippen LogP) is 4.38. The molecule has 1 aromatic heterocycles. The van der Waals surface area contributed by atoms with Gasteiger partial charge in [-0.1, -0.05) is 29.8 Å². The number of ether oxygens (including phenoxy) is 1. The highest BCUT2D eigenvalue weighted by molar-refractivity contribution is 6.31. The molecule has 0 amide bonds. The zero-order valence-electron chi connectivity index (χ0n) is 15.0. The molecule has 3 rings (SSSR count). The molecule has 1 heterocycles. The average molecular weight is 388 g/mol. The van der Waals surface area contributed by atoms with E-state index in [1.165, 1.54) is 12.3 Å². The van der Waals surface area contributed by atoms with Gasteiger partial charge in [0.15, 0.2) is 5.82 Å². The van der Waals surface area contributed by atoms with E-state index in [0.29, 0.717) is 41.1 Å². The predicted molar refractivity (Wildman–Crippen MR) is 104 cm³/mol. The van der Waals surface area contributed by atoms with E-state index in [9.17, 15) is 4.39 Å². The first-order chi connectivity index (χ1) is 13.1. The van der Waals surface area contributed by atoms with Crippen LogP contribution < -0.4 is 15.4 Å². The van der Waals surface area contributed by atoms with Crippen LogP contribution in [0.15, 0.2) is 42.6 Å². The summed E-state index contributed by atoms with van der Waals surface area (Å²) in [4.78, 5) is 4.37. The SMILES string of the molecule is COc1cc(Cl)c(C)cc1Nc1cnnc(NCCc2ccccc2F)n1. The van der Waals surface area contributed by atoms with Gasteiger partial charge in [-0.2, -0.15) is 10.1 Å². The van der Waals surface area contributed by atoms with Crippen LogP contribution >= 0.6 is 11.6 Å². The average Bonchev–Trinajstić information content (AvgIpc) is 2.66. The fourth-order valence-corrected chi connectivity index (χ4v) is 2.67. The molecular formula is C19H19ClFN5O. The van der Waals surface area contributed by atoms with Gasteiger partial charge in [-0.05, 0) is 36.6 Å². The molecule has 8 heteroatoms. The minimum Gasteiger partial charge on any atom is -0.495 e. The molecule has 0 radical (unpaired) electrons. The molecule has 2 aromatic carbocycles. The van der Waals surface area contributed by atoms with E-state index >= 15 is 0 Å². The lowest BCUT2D eigenvalue weighted by Crippen LogP contribution is -2.10. The normalized spacial score (nSPS) is 10.5. The summed E-state index contributed by atoms with van der Waals surface area (Å²) >= 11 is 6.13. The van der Waals surface area contributed by atoms with Crippen LogP contribution in [0.3, 0.4) is 0 Å². The highest BCUT2D eigenvalue weighted by atomic mass is 35.5. The lowest BCUT2D eigenvalue weighted by Gasteiger charge is -2.13. The third kappa shape index (κ3) is 4.83. The van der Waals surface area contributed by atoms with E-state index in [1.807, 2.05) is 19.1 Å². The summed E-state index contributed by atoms with van der Waals surface area (Å²) in [5.41, 5.74) is 2.26. The third-order valence-corrected chi connectivity index (χ3v) is 4.34. The van der Waals surface area contributed by atoms with Gasteiger partial charge in [-0.25, -0.2) is 4.39 Å². The Kier molecular flexibility index (Phi) is 6.03. The monoisotopic (exact) mass is 387 g/mol. The molecule has 0 aliphatic heterocycles. The largest absolute Gasteiger partial charge is 0.495 e. The maximum absolute atomic E-state index is 13.7. The highest BCUT2D eigenvalue weighted by Gasteiger charge is 2.09. The number of methoxy groups -OCH3 is 1. The smallest absolute Gasteiger partial charge is 0.244 e. The lowest BCUT2D eigenvalue weighted by molar-refractivity contribution is 0.416. The zero-order valence-corrected chi connectivity index (χ0v) is 15.7. The molecule has 3 aromatic rings. The summed E-state index contributed by atoms with van der Waals surface area (Å²) in [5, 5.41) is 14.7. The first-order valence-corrected chi connectivity index (χ1v) is 8.73. The second-order valence-corrected chi connectivity index (χ2v) is 6.27. The molecule has 140 valence electrons. The fourth-order valence-electron chi connectivity index (χ4n) is 2.52. The number of nitrogens with zero attached hydrogens (tertiary/aromatic N) is 3. The summed E-state index contributed by atoms with van der Waals surface area (Å²) in [5.74, 6) is 1.22. The number of benzene rings is 2. The molecule has 0 atom stereocenters. The van der Waals surface area contributed by atoms with Gasteiger partial charge in [0, 0.05) is 17.6 Å². The van der Waals surface area contributed by atoms with E-state index in [2.05, 4.69) is 25.8 Å². The number of anilines is 3. The second-order valence-electron chi connectivity index (χ2n) is 5.86. The number of aryl methyl sites for hydroxylation is 1. The van der Waals surface area contributed by atoms with Gasteiger partial charge < -0.3 is 15.4 Å². The van der Waals surface area contributed by atoms with Crippen molar-refractivity contribution < 1.29 is 9.13 Å². The van der Waals surface area contributed by atoms with Crippen molar-refractivity contribution in [3.05, 3.63) is 64.6 Å². The van der Waals surface area contributed by atoms with Crippen molar-refractivity contribution in [2.24, 2.45) is 0 Å². The molecule has 0 fully saturated rings. The van der Waals surface area contributed by atoms with Gasteiger partial charge >= 0.3 is 0 Å². The summed E-state index contributed by atoms with van der Waals surface area (Å²) in [7, 11) is 1.57. The Morgan fingerprint density at radius 3 is 2.81 bits per heavy atom. The molecule has 2 N–H and O–H groups in total. The number of halogens is 2. The van der Waals surface area contributed by atoms with Crippen molar-refractivity contribution in [3.8, 4) is 5.75 Å². The van der Waals surface area contributed by atoms with Gasteiger partial charge in [0.2, 0.25) is 5.95 Å². The Morgan fingerprint density at radius 2 is 2.04 bits per heavy atom. The van der Waals surface area contributed by atoms with Crippen LogP contribution in [0.5, 0.6) is 5.75 Å². The summed E-state index contributed by atoms with van der Waals surface area (Å²) in [6.07, 6.45) is 2.02. The van der Waals surface area contributed by atoms with E-state index in [1.54, 1.807) is 25.3 Å². The van der Waals surface area contributed by atoms with Gasteiger partial charge in [0.25, 0.3) is 0 Å². The van der Waals surface area contributed by atoms with Crippen LogP contribution in [0.25, 0.3) is 0 Å². The molecule has 0 aliphatic rings. The first kappa shape index (κ1) is 18.8. The standard InChI is InChI=1S/C19H19ClFN5O/c1-12-9-16(17(27-2)10-14(12)20)24-18-11-23-26-19(25-18)22-8-7-13-5-3-4-6-15(13)21/h3-6,9-11H,7-8H2,1-2H3,(H2,22,24,25,26). The Labute approximate surface area is 161 Å². The fraction of sp³-hybridized carbons (Fsp3) is 0.211. The van der Waals surface area contributed by atoms with Crippen molar-refractivity contribution in [3.63, 3.8) is 0 Å². The third-order valence-electron chi connectivity index (χ3n) is 3.94. The molecular weight excluding hydrogens is 369 g/mol. The van der Waals surface area contributed by atoms with Crippen molar-refractivity contribution >= 4 is 29.1 Å². The molecule has 0 bridgehead atoms. The van der Waals surface area contributed by atoms with Crippen molar-refractivity contribution in [2.75, 3.05) is 24.3 Å². The Balaban J connectivity index is 1.67. The molecule has 0 spiro atoms. The van der Waals surface area contributed by atoms with E-state index in [0.717, 1.165) is 11.3 Å². The molecule has 27 heavy (non-hydrogen) atoms. The van der Waals surface area contributed by atoms with Gasteiger partial charge in [-0.15, -0.1) is 5.10 Å². The zero-order chi connectivity index (χ0) is 19.2. The van der Waals surface area contributed by atoms with Crippen LogP contribution in [-0.2, 0) is 6.42 Å². The maximum Gasteiger partial charge on any atom is 0.244 e. The minimum absolute atomic E-state index is 0.223. The molecule has 0 saturated carbocycles. The minimum atomic E-state index is -0.223. The number of hydrogen-bond donors (Lipinski definition) is 2. The lowest BCUT2D eigenvalue weighted by atomic mass is 10.1. The van der Waals surface area contributed by atoms with Crippen LogP contribution in [-0.4, -0.2) is 28.8 Å². The van der Waals surface area contributed by atoms with Crippen LogP contribution in [0, 0.1) is 12.7 Å². The number of nitrogens with one attached hydrogen (secondary N) is 2. The summed E-state index contributed by atoms with van der Waals surface area (Å²) < 4.78 is 19.0. The Morgan fingerprint density at radius 1 is 1.22 bits per heavy atom. The molecule has 0 saturated heterocycles. The number of hydrogen-bond acceptors (Lipinski definition) is 6. The molecule has 0 aliphatic carbocycles. The number of rotatable bonds is 7. The Hall–Kier alpha value is -2.93. The second kappa shape index (κ2) is 8.64. The van der Waals surface area contributed by atoms with E-state index in [4.69, 9.17) is 16.3 Å². The van der Waals surface area contributed by atoms with Gasteiger partial charge in [0.05, 0.1) is 19.0 Å². The van der Waals surface area contributed by atoms with Crippen molar-refractivity contribution in [1.29, 1.82) is 0 Å². The Bertz CT molecular complexity index is 938. The highest BCUT2D eigenvalue weighted by Crippen LogP contribution is 2.32. The molecule has 6 nitrogen and oxygen atoms in total. The van der Waals surface area contributed by atoms with E-state index < -0.39 is 0 Å². The molecule has 0 unspecified atom stereocenters. The maximum atomic E-state index is 13.7. The van der Waals surface area contributed by atoms with Gasteiger partial charge in [-0.3, -0.25) is 0 Å². The van der Waals surface area contributed by atoms with Crippen molar-refractivity contribution in [2.45, 2.75) is 13.3 Å². The van der Waals surface area contributed by atoms with Gasteiger partial charge in [0.1, 0.15) is 11.6 Å². The van der Waals surface area contributed by atoms with Crippen LogP contribution in [0.2, 0.25) is 5.02 Å². The van der Waals surface area contributed by atoms with Crippen LogP contribution in [0.1, 0.15) is 11.1 Å². The van der Waals surface area contributed by atoms with E-state index in [-0.39, 0.29) is 5.82 Å². The number of aromatic nitrogens is 3. The van der Waals surface area contributed by atoms with Crippen LogP contribution in [0.4, 0.5) is 21.8 Å². The first-order valence-electron chi connectivity index (χ1n) is 8.35. The topological polar surface area (TPSA) is 72.0 Å². The quantitative estimate of drug-likeness (QED) is 0.626. The summed E-state index contributed by atoms with van der Waals surface area (Å²) in [6.45, 7) is 2.39. The van der Waals surface area contributed by atoms with Crippen molar-refractivity contribution in [1.82, 2.24) is 15.2 Å².